The summed E-state index contributed by atoms with van der Waals surface area (Å²) in [5.41, 5.74) is 0.318. The van der Waals surface area contributed by atoms with Crippen molar-refractivity contribution in [1.29, 1.82) is 0 Å². The second kappa shape index (κ2) is 4.61. The Morgan fingerprint density at radius 1 is 1.53 bits per heavy atom. The Morgan fingerprint density at radius 2 is 2.18 bits per heavy atom. The van der Waals surface area contributed by atoms with Crippen LogP contribution in [0.15, 0.2) is 15.2 Å². The van der Waals surface area contributed by atoms with Gasteiger partial charge in [-0.15, -0.1) is 11.3 Å². The van der Waals surface area contributed by atoms with E-state index in [1.54, 1.807) is 11.4 Å². The number of amides is 1. The highest BCUT2D eigenvalue weighted by atomic mass is 79.9. The summed E-state index contributed by atoms with van der Waals surface area (Å²) in [4.78, 5) is 12.9. The second-order valence-corrected chi connectivity index (χ2v) is 6.21. The van der Waals surface area contributed by atoms with E-state index in [1.807, 2.05) is 0 Å². The first-order chi connectivity index (χ1) is 7.87. The molecule has 1 fully saturated rings. The number of alkyl halides is 3. The predicted molar refractivity (Wildman–Crippen MR) is 62.1 cm³/mol. The van der Waals surface area contributed by atoms with E-state index >= 15 is 0 Å². The quantitative estimate of drug-likeness (QED) is 0.829. The van der Waals surface area contributed by atoms with Crippen LogP contribution in [-0.4, -0.2) is 29.6 Å². The van der Waals surface area contributed by atoms with Crippen LogP contribution < -0.4 is 0 Å². The topological polar surface area (TPSA) is 20.3 Å². The van der Waals surface area contributed by atoms with Crippen LogP contribution in [-0.2, 0) is 0 Å². The number of halogens is 4. The first-order valence-electron chi connectivity index (χ1n) is 4.98. The van der Waals surface area contributed by atoms with Crippen LogP contribution in [0.4, 0.5) is 13.2 Å². The Balaban J connectivity index is 2.13. The number of carbonyl (C=O) groups excluding carboxylic acids is 1. The predicted octanol–water partition coefficient (Wildman–Crippen LogP) is 3.68. The molecule has 1 saturated carbocycles. The number of rotatable bonds is 3. The average molecular weight is 328 g/mol. The maximum Gasteiger partial charge on any atom is 0.406 e. The lowest BCUT2D eigenvalue weighted by atomic mass is 10.3. The van der Waals surface area contributed by atoms with Gasteiger partial charge in [-0.2, -0.15) is 13.2 Å². The van der Waals surface area contributed by atoms with E-state index < -0.39 is 18.6 Å². The third-order valence-corrected chi connectivity index (χ3v) is 3.92. The normalized spacial score (nSPS) is 16.0. The van der Waals surface area contributed by atoms with Crippen LogP contribution in [0.2, 0.25) is 0 Å². The van der Waals surface area contributed by atoms with Crippen molar-refractivity contribution in [3.63, 3.8) is 0 Å². The maximum atomic E-state index is 12.4. The highest BCUT2D eigenvalue weighted by molar-refractivity contribution is 9.11. The molecule has 0 spiro atoms. The second-order valence-electron chi connectivity index (χ2n) is 3.92. The van der Waals surface area contributed by atoms with E-state index in [1.165, 1.54) is 11.3 Å². The highest BCUT2D eigenvalue weighted by Gasteiger charge is 2.40. The molecule has 2 rings (SSSR count). The first-order valence-corrected chi connectivity index (χ1v) is 6.66. The van der Waals surface area contributed by atoms with Crippen molar-refractivity contribution < 1.29 is 18.0 Å². The summed E-state index contributed by atoms with van der Waals surface area (Å²) in [5, 5.41) is 1.57. The fourth-order valence-electron chi connectivity index (χ4n) is 1.53. The summed E-state index contributed by atoms with van der Waals surface area (Å²) in [6.07, 6.45) is -3.02. The van der Waals surface area contributed by atoms with Crippen molar-refractivity contribution in [3.8, 4) is 0 Å². The van der Waals surface area contributed by atoms with E-state index in [0.29, 0.717) is 18.4 Å². The first kappa shape index (κ1) is 12.9. The number of hydrogen-bond acceptors (Lipinski definition) is 2. The van der Waals surface area contributed by atoms with E-state index in [0.717, 1.165) is 8.69 Å². The molecule has 1 aromatic rings. The van der Waals surface area contributed by atoms with Gasteiger partial charge in [-0.1, -0.05) is 0 Å². The molecule has 7 heteroatoms. The molecule has 1 aromatic heterocycles. The van der Waals surface area contributed by atoms with Crippen molar-refractivity contribution >= 4 is 33.2 Å². The highest BCUT2D eigenvalue weighted by Crippen LogP contribution is 2.32. The largest absolute Gasteiger partial charge is 0.406 e. The van der Waals surface area contributed by atoms with Crippen LogP contribution in [0.1, 0.15) is 23.2 Å². The van der Waals surface area contributed by atoms with Gasteiger partial charge >= 0.3 is 6.18 Å². The lowest BCUT2D eigenvalue weighted by molar-refractivity contribution is -0.141. The van der Waals surface area contributed by atoms with Gasteiger partial charge in [-0.05, 0) is 34.8 Å². The Hall–Kier alpha value is -0.560. The van der Waals surface area contributed by atoms with Crippen LogP contribution >= 0.6 is 27.3 Å². The van der Waals surface area contributed by atoms with Gasteiger partial charge in [0, 0.05) is 11.4 Å². The molecular weight excluding hydrogens is 319 g/mol. The molecule has 1 aliphatic carbocycles. The van der Waals surface area contributed by atoms with Crippen LogP contribution in [0.25, 0.3) is 0 Å². The van der Waals surface area contributed by atoms with E-state index in [9.17, 15) is 18.0 Å². The summed E-state index contributed by atoms with van der Waals surface area (Å²) >= 11 is 4.48. The zero-order valence-electron chi connectivity index (χ0n) is 8.63. The molecule has 0 saturated heterocycles. The SMILES string of the molecule is O=C(c1csc(Br)c1)N(CC(F)(F)F)C1CC1. The summed E-state index contributed by atoms with van der Waals surface area (Å²) in [7, 11) is 0. The molecule has 0 bridgehead atoms. The van der Waals surface area contributed by atoms with E-state index in [-0.39, 0.29) is 6.04 Å². The maximum absolute atomic E-state index is 12.4. The summed E-state index contributed by atoms with van der Waals surface area (Å²) in [6.45, 7) is -1.16. The third kappa shape index (κ3) is 3.45. The zero-order chi connectivity index (χ0) is 12.6. The molecule has 0 N–H and O–H groups in total. The molecule has 0 radical (unpaired) electrons. The van der Waals surface area contributed by atoms with Gasteiger partial charge in [0.05, 0.1) is 9.35 Å². The standard InChI is InChI=1S/C10H9BrF3NOS/c11-8-3-6(4-17-8)9(16)15(7-1-2-7)5-10(12,13)14/h3-4,7H,1-2,5H2. The fraction of sp³-hybridized carbons (Fsp3) is 0.500. The Kier molecular flexibility index (Phi) is 3.49. The molecule has 1 amide bonds. The number of hydrogen-bond donors (Lipinski definition) is 0. The monoisotopic (exact) mass is 327 g/mol. The smallest absolute Gasteiger partial charge is 0.327 e. The van der Waals surface area contributed by atoms with Gasteiger partial charge in [0.2, 0.25) is 0 Å². The average Bonchev–Trinajstić information content (AvgIpc) is 2.96. The number of carbonyl (C=O) groups is 1. The molecule has 1 aliphatic rings. The molecule has 0 atom stereocenters. The van der Waals surface area contributed by atoms with E-state index in [4.69, 9.17) is 0 Å². The zero-order valence-corrected chi connectivity index (χ0v) is 11.0. The van der Waals surface area contributed by atoms with Crippen molar-refractivity contribution in [3.05, 3.63) is 20.8 Å². The molecular formula is C10H9BrF3NOS. The van der Waals surface area contributed by atoms with Gasteiger partial charge in [0.15, 0.2) is 0 Å². The molecule has 0 unspecified atom stereocenters. The molecule has 17 heavy (non-hydrogen) atoms. The summed E-state index contributed by atoms with van der Waals surface area (Å²) in [5.74, 6) is -0.535. The molecule has 2 nitrogen and oxygen atoms in total. The molecule has 0 aliphatic heterocycles. The third-order valence-electron chi connectivity index (χ3n) is 2.41. The van der Waals surface area contributed by atoms with Crippen LogP contribution in [0.3, 0.4) is 0 Å². The van der Waals surface area contributed by atoms with Crippen LogP contribution in [0.5, 0.6) is 0 Å². The summed E-state index contributed by atoms with van der Waals surface area (Å²) < 4.78 is 37.9. The lowest BCUT2D eigenvalue weighted by Gasteiger charge is -2.23. The number of thiophene rings is 1. The van der Waals surface area contributed by atoms with Gasteiger partial charge in [0.25, 0.3) is 5.91 Å². The van der Waals surface area contributed by atoms with Gasteiger partial charge in [-0.25, -0.2) is 0 Å². The Bertz CT molecular complexity index is 427. The molecule has 0 aromatic carbocycles. The minimum atomic E-state index is -4.34. The van der Waals surface area contributed by atoms with Gasteiger partial charge in [-0.3, -0.25) is 4.79 Å². The van der Waals surface area contributed by atoms with Crippen molar-refractivity contribution in [2.45, 2.75) is 25.1 Å². The van der Waals surface area contributed by atoms with Crippen molar-refractivity contribution in [1.82, 2.24) is 4.90 Å². The number of nitrogens with zero attached hydrogens (tertiary/aromatic N) is 1. The molecule has 1 heterocycles. The minimum absolute atomic E-state index is 0.247. The van der Waals surface area contributed by atoms with Crippen LogP contribution in [0, 0.1) is 0 Å². The summed E-state index contributed by atoms with van der Waals surface area (Å²) in [6, 6.07) is 1.31. The van der Waals surface area contributed by atoms with E-state index in [2.05, 4.69) is 15.9 Å². The Morgan fingerprint density at radius 3 is 2.59 bits per heavy atom. The minimum Gasteiger partial charge on any atom is -0.327 e. The fourth-order valence-corrected chi connectivity index (χ4v) is 2.66. The Labute approximate surface area is 109 Å². The molecule has 94 valence electrons. The van der Waals surface area contributed by atoms with Gasteiger partial charge < -0.3 is 4.90 Å². The lowest BCUT2D eigenvalue weighted by Crippen LogP contribution is -2.40. The van der Waals surface area contributed by atoms with Gasteiger partial charge in [0.1, 0.15) is 6.54 Å². The van der Waals surface area contributed by atoms with Crippen molar-refractivity contribution in [2.24, 2.45) is 0 Å². The van der Waals surface area contributed by atoms with Crippen molar-refractivity contribution in [2.75, 3.05) is 6.54 Å².